The second-order valence-electron chi connectivity index (χ2n) is 6.98. The van der Waals surface area contributed by atoms with Gasteiger partial charge < -0.3 is 9.30 Å². The Bertz CT molecular complexity index is 1300. The zero-order valence-corrected chi connectivity index (χ0v) is 19.3. The van der Waals surface area contributed by atoms with E-state index in [9.17, 15) is 18.0 Å². The van der Waals surface area contributed by atoms with Crippen molar-refractivity contribution in [3.8, 4) is 0 Å². The predicted molar refractivity (Wildman–Crippen MR) is 118 cm³/mol. The summed E-state index contributed by atoms with van der Waals surface area (Å²) in [6.07, 6.45) is 0. The van der Waals surface area contributed by atoms with Gasteiger partial charge in [0, 0.05) is 19.7 Å². The van der Waals surface area contributed by atoms with Gasteiger partial charge >= 0.3 is 5.97 Å². The second-order valence-corrected chi connectivity index (χ2v) is 10.1. The van der Waals surface area contributed by atoms with Crippen LogP contribution in [-0.2, 0) is 26.1 Å². The molecule has 2 aromatic carbocycles. The van der Waals surface area contributed by atoms with Crippen molar-refractivity contribution in [3.05, 3.63) is 58.4 Å². The summed E-state index contributed by atoms with van der Waals surface area (Å²) in [5, 5.41) is 0. The molecule has 0 saturated heterocycles. The monoisotopic (exact) mass is 461 g/mol. The van der Waals surface area contributed by atoms with Gasteiger partial charge in [0.05, 0.1) is 21.7 Å². The van der Waals surface area contributed by atoms with Gasteiger partial charge in [-0.15, -0.1) is 0 Å². The quantitative estimate of drug-likeness (QED) is 0.526. The van der Waals surface area contributed by atoms with Gasteiger partial charge in [-0.25, -0.2) is 12.7 Å². The third-order valence-corrected chi connectivity index (χ3v) is 7.38. The van der Waals surface area contributed by atoms with E-state index in [4.69, 9.17) is 4.74 Å². The number of thiazole rings is 1. The van der Waals surface area contributed by atoms with Crippen LogP contribution in [0.15, 0.2) is 52.4 Å². The summed E-state index contributed by atoms with van der Waals surface area (Å²) < 4.78 is 33.1. The molecule has 0 bridgehead atoms. The maximum atomic E-state index is 12.8. The van der Waals surface area contributed by atoms with E-state index < -0.39 is 21.9 Å². The Morgan fingerprint density at radius 3 is 2.42 bits per heavy atom. The maximum Gasteiger partial charge on any atom is 0.326 e. The van der Waals surface area contributed by atoms with Crippen LogP contribution in [0.1, 0.15) is 22.8 Å². The number of hydrogen-bond donors (Lipinski definition) is 0. The van der Waals surface area contributed by atoms with E-state index in [1.165, 1.54) is 49.7 Å². The molecule has 0 aliphatic carbocycles. The summed E-state index contributed by atoms with van der Waals surface area (Å²) in [5.74, 6) is -0.954. The summed E-state index contributed by atoms with van der Waals surface area (Å²) in [7, 11) is -0.708. The van der Waals surface area contributed by atoms with E-state index in [1.54, 1.807) is 11.5 Å². The van der Waals surface area contributed by atoms with Gasteiger partial charge in [0.1, 0.15) is 6.54 Å². The molecule has 0 aliphatic heterocycles. The SMILES string of the molecule is CCOC(=O)Cn1c(=NC(=O)c2ccc(S(=O)(=O)N(C)C)cc2)sc2cc(C)ccc21. The highest BCUT2D eigenvalue weighted by molar-refractivity contribution is 7.89. The van der Waals surface area contributed by atoms with Gasteiger partial charge in [-0.05, 0) is 55.8 Å². The fourth-order valence-electron chi connectivity index (χ4n) is 2.89. The van der Waals surface area contributed by atoms with E-state index in [0.717, 1.165) is 20.1 Å². The summed E-state index contributed by atoms with van der Waals surface area (Å²) in [4.78, 5) is 29.5. The summed E-state index contributed by atoms with van der Waals surface area (Å²) >= 11 is 1.30. The zero-order valence-electron chi connectivity index (χ0n) is 17.7. The number of aromatic nitrogens is 1. The van der Waals surface area contributed by atoms with E-state index >= 15 is 0 Å². The van der Waals surface area contributed by atoms with Crippen molar-refractivity contribution in [1.82, 2.24) is 8.87 Å². The molecule has 8 nitrogen and oxygen atoms in total. The molecule has 1 aromatic heterocycles. The van der Waals surface area contributed by atoms with Crippen molar-refractivity contribution in [3.63, 3.8) is 0 Å². The largest absolute Gasteiger partial charge is 0.465 e. The fraction of sp³-hybridized carbons (Fsp3) is 0.286. The lowest BCUT2D eigenvalue weighted by atomic mass is 10.2. The minimum absolute atomic E-state index is 0.0664. The van der Waals surface area contributed by atoms with Crippen LogP contribution in [0.2, 0.25) is 0 Å². The molecule has 31 heavy (non-hydrogen) atoms. The Morgan fingerprint density at radius 1 is 1.13 bits per heavy atom. The van der Waals surface area contributed by atoms with E-state index in [1.807, 2.05) is 25.1 Å². The molecule has 1 heterocycles. The number of carbonyl (C=O) groups excluding carboxylic acids is 2. The lowest BCUT2D eigenvalue weighted by molar-refractivity contribution is -0.143. The molecule has 3 aromatic rings. The molecule has 1 amide bonds. The number of esters is 1. The number of amides is 1. The summed E-state index contributed by atoms with van der Waals surface area (Å²) in [6, 6.07) is 11.4. The topological polar surface area (TPSA) is 98.0 Å². The normalized spacial score (nSPS) is 12.5. The average molecular weight is 462 g/mol. The molecule has 0 radical (unpaired) electrons. The van der Waals surface area contributed by atoms with Crippen LogP contribution >= 0.6 is 11.3 Å². The molecule has 164 valence electrons. The first-order valence-electron chi connectivity index (χ1n) is 9.50. The van der Waals surface area contributed by atoms with Crippen molar-refractivity contribution in [2.24, 2.45) is 4.99 Å². The number of aryl methyl sites for hydroxylation is 1. The number of rotatable bonds is 6. The van der Waals surface area contributed by atoms with Gasteiger partial charge in [-0.3, -0.25) is 9.59 Å². The summed E-state index contributed by atoms with van der Waals surface area (Å²) in [6.45, 7) is 3.88. The maximum absolute atomic E-state index is 12.8. The lowest BCUT2D eigenvalue weighted by Gasteiger charge is -2.11. The van der Waals surface area contributed by atoms with Crippen molar-refractivity contribution < 1.29 is 22.7 Å². The lowest BCUT2D eigenvalue weighted by Crippen LogP contribution is -2.23. The van der Waals surface area contributed by atoms with Crippen molar-refractivity contribution in [2.75, 3.05) is 20.7 Å². The second kappa shape index (κ2) is 9.13. The highest BCUT2D eigenvalue weighted by Crippen LogP contribution is 2.20. The first kappa shape index (κ1) is 22.9. The van der Waals surface area contributed by atoms with Crippen LogP contribution in [0.25, 0.3) is 10.2 Å². The molecular weight excluding hydrogens is 438 g/mol. The van der Waals surface area contributed by atoms with E-state index in [0.29, 0.717) is 4.80 Å². The molecule has 0 unspecified atom stereocenters. The average Bonchev–Trinajstić information content (AvgIpc) is 3.04. The molecule has 0 saturated carbocycles. The van der Waals surface area contributed by atoms with Gasteiger partial charge in [0.15, 0.2) is 4.80 Å². The van der Waals surface area contributed by atoms with Crippen molar-refractivity contribution in [2.45, 2.75) is 25.3 Å². The van der Waals surface area contributed by atoms with Crippen LogP contribution in [-0.4, -0.2) is 49.9 Å². The highest BCUT2D eigenvalue weighted by Gasteiger charge is 2.18. The fourth-order valence-corrected chi connectivity index (χ4v) is 4.91. The first-order chi connectivity index (χ1) is 14.6. The third-order valence-electron chi connectivity index (χ3n) is 4.51. The molecule has 0 spiro atoms. The molecule has 10 heteroatoms. The number of ether oxygens (including phenoxy) is 1. The van der Waals surface area contributed by atoms with Crippen LogP contribution < -0.4 is 4.80 Å². The number of fused-ring (bicyclic) bond motifs is 1. The Morgan fingerprint density at radius 2 is 1.81 bits per heavy atom. The highest BCUT2D eigenvalue weighted by atomic mass is 32.2. The van der Waals surface area contributed by atoms with Crippen molar-refractivity contribution >= 4 is 43.5 Å². The smallest absolute Gasteiger partial charge is 0.326 e. The number of hydrogen-bond acceptors (Lipinski definition) is 6. The summed E-state index contributed by atoms with van der Waals surface area (Å²) in [5.41, 5.74) is 2.07. The Balaban J connectivity index is 2.03. The van der Waals surface area contributed by atoms with Gasteiger partial charge in [-0.1, -0.05) is 17.4 Å². The van der Waals surface area contributed by atoms with E-state index in [2.05, 4.69) is 4.99 Å². The third kappa shape index (κ3) is 4.92. The van der Waals surface area contributed by atoms with Crippen LogP contribution in [0.3, 0.4) is 0 Å². The minimum atomic E-state index is -3.59. The molecule has 3 rings (SSSR count). The van der Waals surface area contributed by atoms with Gasteiger partial charge in [0.2, 0.25) is 10.0 Å². The zero-order chi connectivity index (χ0) is 22.8. The standard InChI is InChI=1S/C21H23N3O5S2/c1-5-29-19(25)13-24-17-11-6-14(2)12-18(17)30-21(24)22-20(26)15-7-9-16(10-8-15)31(27,28)23(3)4/h6-12H,5,13H2,1-4H3. The molecule has 0 aliphatic rings. The van der Waals surface area contributed by atoms with Crippen LogP contribution in [0, 0.1) is 6.92 Å². The first-order valence-corrected chi connectivity index (χ1v) is 11.8. The number of nitrogens with zero attached hydrogens (tertiary/aromatic N) is 3. The Kier molecular flexibility index (Phi) is 6.73. The predicted octanol–water partition coefficient (Wildman–Crippen LogP) is 2.57. The molecule has 0 N–H and O–H groups in total. The number of benzene rings is 2. The van der Waals surface area contributed by atoms with Crippen LogP contribution in [0.4, 0.5) is 0 Å². The number of carbonyl (C=O) groups is 2. The van der Waals surface area contributed by atoms with Gasteiger partial charge in [-0.2, -0.15) is 4.99 Å². The minimum Gasteiger partial charge on any atom is -0.465 e. The number of sulfonamides is 1. The van der Waals surface area contributed by atoms with E-state index in [-0.39, 0.29) is 23.6 Å². The molecular formula is C21H23N3O5S2. The van der Waals surface area contributed by atoms with Crippen LogP contribution in [0.5, 0.6) is 0 Å². The Hall–Kier alpha value is -2.82. The van der Waals surface area contributed by atoms with Gasteiger partial charge in [0.25, 0.3) is 5.91 Å². The van der Waals surface area contributed by atoms with Crippen molar-refractivity contribution in [1.29, 1.82) is 0 Å². The Labute approximate surface area is 184 Å². The molecule has 0 fully saturated rings. The molecule has 0 atom stereocenters.